The van der Waals surface area contributed by atoms with Crippen LogP contribution in [0.15, 0.2) is 16.1 Å². The second kappa shape index (κ2) is 2.96. The molecule has 0 aromatic carbocycles. The lowest BCUT2D eigenvalue weighted by atomic mass is 10.5. The predicted octanol–water partition coefficient (Wildman–Crippen LogP) is 1.84. The third kappa shape index (κ3) is 1.10. The number of hydrogen-bond acceptors (Lipinski definition) is 3. The van der Waals surface area contributed by atoms with Crippen molar-refractivity contribution in [3.05, 3.63) is 11.1 Å². The SMILES string of the molecule is Br.CC1=CSC2=NCCN12. The average molecular weight is 221 g/mol. The quantitative estimate of drug-likeness (QED) is 0.620. The van der Waals surface area contributed by atoms with Gasteiger partial charge in [-0.15, -0.1) is 17.0 Å². The third-order valence-electron chi connectivity index (χ3n) is 1.56. The highest BCUT2D eigenvalue weighted by Gasteiger charge is 2.22. The number of aliphatic imine (C=N–C) groups is 1. The molecule has 0 saturated carbocycles. The van der Waals surface area contributed by atoms with Gasteiger partial charge in [0.2, 0.25) is 0 Å². The molecule has 56 valence electrons. The van der Waals surface area contributed by atoms with Gasteiger partial charge in [-0.05, 0) is 12.3 Å². The van der Waals surface area contributed by atoms with Gasteiger partial charge in [-0.1, -0.05) is 11.8 Å². The molecule has 2 rings (SSSR count). The molecule has 0 aromatic rings. The van der Waals surface area contributed by atoms with Crippen LogP contribution in [0, 0.1) is 0 Å². The predicted molar refractivity (Wildman–Crippen MR) is 50.7 cm³/mol. The number of fused-ring (bicyclic) bond motifs is 1. The molecule has 0 amide bonds. The van der Waals surface area contributed by atoms with Gasteiger partial charge in [-0.2, -0.15) is 0 Å². The molecule has 0 N–H and O–H groups in total. The Morgan fingerprint density at radius 3 is 3.20 bits per heavy atom. The smallest absolute Gasteiger partial charge is 0.167 e. The second-order valence-electron chi connectivity index (χ2n) is 2.19. The van der Waals surface area contributed by atoms with Gasteiger partial charge in [0.05, 0.1) is 6.54 Å². The molecule has 0 aliphatic carbocycles. The highest BCUT2D eigenvalue weighted by Crippen LogP contribution is 2.27. The molecule has 2 heterocycles. The highest BCUT2D eigenvalue weighted by molar-refractivity contribution is 8.93. The molecule has 2 aliphatic rings. The number of amidine groups is 1. The van der Waals surface area contributed by atoms with Crippen LogP contribution in [-0.4, -0.2) is 23.2 Å². The lowest BCUT2D eigenvalue weighted by Gasteiger charge is -2.11. The Bertz CT molecular complexity index is 200. The minimum absolute atomic E-state index is 0. The van der Waals surface area contributed by atoms with E-state index in [0.29, 0.717) is 0 Å². The minimum atomic E-state index is 0. The number of thioether (sulfide) groups is 1. The third-order valence-corrected chi connectivity index (χ3v) is 2.58. The molecule has 4 heteroatoms. The Balaban J connectivity index is 0.000000500. The molecular formula is C6H9BrN2S. The normalized spacial score (nSPS) is 21.5. The van der Waals surface area contributed by atoms with Crippen LogP contribution in [0.5, 0.6) is 0 Å². The van der Waals surface area contributed by atoms with Crippen molar-refractivity contribution in [2.45, 2.75) is 6.92 Å². The largest absolute Gasteiger partial charge is 0.323 e. The van der Waals surface area contributed by atoms with E-state index in [-0.39, 0.29) is 17.0 Å². The van der Waals surface area contributed by atoms with Crippen LogP contribution in [0.3, 0.4) is 0 Å². The van der Waals surface area contributed by atoms with Crippen molar-refractivity contribution in [1.82, 2.24) is 4.90 Å². The molecule has 0 atom stereocenters. The van der Waals surface area contributed by atoms with Crippen molar-refractivity contribution >= 4 is 33.9 Å². The van der Waals surface area contributed by atoms with Crippen LogP contribution in [0.1, 0.15) is 6.92 Å². The Kier molecular flexibility index (Phi) is 2.41. The topological polar surface area (TPSA) is 15.6 Å². The standard InChI is InChI=1S/C6H8N2S.BrH/c1-5-4-9-6-7-2-3-8(5)6;/h4H,2-3H2,1H3;1H. The molecule has 0 fully saturated rings. The Labute approximate surface area is 75.2 Å². The first-order valence-corrected chi connectivity index (χ1v) is 3.91. The van der Waals surface area contributed by atoms with E-state index in [0.717, 1.165) is 13.1 Å². The molecule has 0 saturated heterocycles. The first kappa shape index (κ1) is 8.14. The van der Waals surface area contributed by atoms with Crippen LogP contribution in [0.4, 0.5) is 0 Å². The minimum Gasteiger partial charge on any atom is -0.323 e. The Morgan fingerprint density at radius 2 is 2.50 bits per heavy atom. The van der Waals surface area contributed by atoms with Gasteiger partial charge in [0, 0.05) is 12.2 Å². The number of hydrogen-bond donors (Lipinski definition) is 0. The van der Waals surface area contributed by atoms with Crippen molar-refractivity contribution < 1.29 is 0 Å². The van der Waals surface area contributed by atoms with Crippen LogP contribution in [0.2, 0.25) is 0 Å². The van der Waals surface area contributed by atoms with Crippen LogP contribution >= 0.6 is 28.7 Å². The first-order valence-electron chi connectivity index (χ1n) is 3.03. The number of allylic oxidation sites excluding steroid dienone is 1. The molecule has 2 nitrogen and oxygen atoms in total. The summed E-state index contributed by atoms with van der Waals surface area (Å²) in [5.41, 5.74) is 1.34. The Morgan fingerprint density at radius 1 is 1.70 bits per heavy atom. The van der Waals surface area contributed by atoms with E-state index in [2.05, 4.69) is 22.2 Å². The first-order chi connectivity index (χ1) is 4.38. The summed E-state index contributed by atoms with van der Waals surface area (Å²) in [6, 6.07) is 0. The zero-order chi connectivity index (χ0) is 6.27. The molecule has 0 bridgehead atoms. The van der Waals surface area contributed by atoms with E-state index in [1.54, 1.807) is 11.8 Å². The summed E-state index contributed by atoms with van der Waals surface area (Å²) in [4.78, 5) is 6.56. The van der Waals surface area contributed by atoms with Crippen LogP contribution < -0.4 is 0 Å². The Hall–Kier alpha value is 0.0400. The number of nitrogens with zero attached hydrogens (tertiary/aromatic N) is 2. The van der Waals surface area contributed by atoms with Gasteiger partial charge in [0.1, 0.15) is 0 Å². The van der Waals surface area contributed by atoms with Gasteiger partial charge in [0.15, 0.2) is 5.17 Å². The van der Waals surface area contributed by atoms with Gasteiger partial charge >= 0.3 is 0 Å². The average Bonchev–Trinajstić information content (AvgIpc) is 2.35. The van der Waals surface area contributed by atoms with Crippen molar-refractivity contribution in [3.63, 3.8) is 0 Å². The summed E-state index contributed by atoms with van der Waals surface area (Å²) in [6.45, 7) is 4.19. The van der Waals surface area contributed by atoms with Gasteiger partial charge in [0.25, 0.3) is 0 Å². The maximum absolute atomic E-state index is 4.30. The summed E-state index contributed by atoms with van der Waals surface area (Å²) in [7, 11) is 0. The van der Waals surface area contributed by atoms with E-state index in [4.69, 9.17) is 0 Å². The lowest BCUT2D eigenvalue weighted by Crippen LogP contribution is -2.18. The highest BCUT2D eigenvalue weighted by atomic mass is 79.9. The molecule has 0 spiro atoms. The van der Waals surface area contributed by atoms with E-state index in [1.807, 2.05) is 0 Å². The van der Waals surface area contributed by atoms with Crippen molar-refractivity contribution in [1.29, 1.82) is 0 Å². The zero-order valence-corrected chi connectivity index (χ0v) is 8.23. The maximum Gasteiger partial charge on any atom is 0.167 e. The van der Waals surface area contributed by atoms with E-state index in [1.165, 1.54) is 10.9 Å². The zero-order valence-electron chi connectivity index (χ0n) is 5.70. The van der Waals surface area contributed by atoms with Crippen LogP contribution in [0.25, 0.3) is 0 Å². The van der Waals surface area contributed by atoms with Crippen molar-refractivity contribution in [2.24, 2.45) is 4.99 Å². The second-order valence-corrected chi connectivity index (χ2v) is 3.03. The summed E-state index contributed by atoms with van der Waals surface area (Å²) < 4.78 is 0. The molecule has 0 aromatic heterocycles. The monoisotopic (exact) mass is 220 g/mol. The van der Waals surface area contributed by atoms with E-state index in [9.17, 15) is 0 Å². The van der Waals surface area contributed by atoms with Crippen molar-refractivity contribution in [3.8, 4) is 0 Å². The van der Waals surface area contributed by atoms with E-state index >= 15 is 0 Å². The van der Waals surface area contributed by atoms with Crippen molar-refractivity contribution in [2.75, 3.05) is 13.1 Å². The van der Waals surface area contributed by atoms with E-state index < -0.39 is 0 Å². The summed E-state index contributed by atoms with van der Waals surface area (Å²) in [6.07, 6.45) is 0. The van der Waals surface area contributed by atoms with Crippen LogP contribution in [-0.2, 0) is 0 Å². The van der Waals surface area contributed by atoms with Gasteiger partial charge in [-0.3, -0.25) is 4.99 Å². The fourth-order valence-corrected chi connectivity index (χ4v) is 1.99. The summed E-state index contributed by atoms with van der Waals surface area (Å²) in [5, 5.41) is 3.34. The summed E-state index contributed by atoms with van der Waals surface area (Å²) >= 11 is 1.73. The lowest BCUT2D eigenvalue weighted by molar-refractivity contribution is 0.576. The molecule has 10 heavy (non-hydrogen) atoms. The fourth-order valence-electron chi connectivity index (χ4n) is 1.06. The maximum atomic E-state index is 4.30. The number of rotatable bonds is 0. The summed E-state index contributed by atoms with van der Waals surface area (Å²) in [5.74, 6) is 0. The molecule has 0 unspecified atom stereocenters. The molecular weight excluding hydrogens is 212 g/mol. The van der Waals surface area contributed by atoms with Gasteiger partial charge in [-0.25, -0.2) is 0 Å². The molecule has 0 radical (unpaired) electrons. The number of halogens is 1. The van der Waals surface area contributed by atoms with Gasteiger partial charge < -0.3 is 4.90 Å². The fraction of sp³-hybridized carbons (Fsp3) is 0.500. The molecule has 2 aliphatic heterocycles.